The third kappa shape index (κ3) is 4.54. The van der Waals surface area contributed by atoms with Gasteiger partial charge in [0.15, 0.2) is 17.9 Å². The molecular weight excluding hydrogens is 366 g/mol. The van der Waals surface area contributed by atoms with Crippen LogP contribution in [0.4, 0.5) is 0 Å². The van der Waals surface area contributed by atoms with Gasteiger partial charge in [-0.2, -0.15) is 0 Å². The van der Waals surface area contributed by atoms with Gasteiger partial charge >= 0.3 is 0 Å². The topological polar surface area (TPSA) is 64.6 Å². The fourth-order valence-electron chi connectivity index (χ4n) is 4.58. The van der Waals surface area contributed by atoms with Crippen molar-refractivity contribution in [3.63, 3.8) is 0 Å². The van der Waals surface area contributed by atoms with Crippen LogP contribution in [-0.4, -0.2) is 99.9 Å². The number of ether oxygens (including phenoxy) is 7. The molecule has 162 valence electrons. The van der Waals surface area contributed by atoms with Gasteiger partial charge in [0, 0.05) is 6.42 Å². The van der Waals surface area contributed by atoms with Crippen LogP contribution in [0.3, 0.4) is 0 Å². The Morgan fingerprint density at radius 3 is 2.29 bits per heavy atom. The number of fused-ring (bicyclic) bond motifs is 3. The second kappa shape index (κ2) is 7.74. The summed E-state index contributed by atoms with van der Waals surface area (Å²) in [4.78, 5) is 0. The predicted octanol–water partition coefficient (Wildman–Crippen LogP) is 1.27. The van der Waals surface area contributed by atoms with Crippen molar-refractivity contribution in [1.29, 1.82) is 0 Å². The van der Waals surface area contributed by atoms with E-state index in [0.29, 0.717) is 13.2 Å². The molecule has 0 aliphatic carbocycles. The standard InChI is InChI=1S/C20H36NO7/c1-19(2)25-15-14(13-23-10-6-7-21(5)8-11-22-12-9-21)24-18-17(16(15)26-19)27-20(3,4)28-18/h14-18H,6-13H2,1-5H3/q+1/t14-,15+,16+,17-,18-/m1/s1. The number of morpholine rings is 1. The average Bonchev–Trinajstić information content (AvgIpc) is 3.09. The van der Waals surface area contributed by atoms with Crippen LogP contribution in [0.5, 0.6) is 0 Å². The molecule has 0 aromatic heterocycles. The lowest BCUT2D eigenvalue weighted by Crippen LogP contribution is -2.56. The lowest BCUT2D eigenvalue weighted by molar-refractivity contribution is -0.917. The summed E-state index contributed by atoms with van der Waals surface area (Å²) in [6, 6.07) is 0. The van der Waals surface area contributed by atoms with Crippen LogP contribution >= 0.6 is 0 Å². The Bertz CT molecular complexity index is 549. The third-order valence-electron chi connectivity index (χ3n) is 6.07. The fourth-order valence-corrected chi connectivity index (χ4v) is 4.58. The maximum Gasteiger partial charge on any atom is 0.190 e. The molecule has 0 unspecified atom stereocenters. The van der Waals surface area contributed by atoms with Crippen LogP contribution in [-0.2, 0) is 33.2 Å². The fraction of sp³-hybridized carbons (Fsp3) is 1.00. The summed E-state index contributed by atoms with van der Waals surface area (Å²) in [7, 11) is 2.29. The first-order valence-electron chi connectivity index (χ1n) is 10.5. The van der Waals surface area contributed by atoms with E-state index >= 15 is 0 Å². The van der Waals surface area contributed by atoms with Crippen LogP contribution in [0.2, 0.25) is 0 Å². The van der Waals surface area contributed by atoms with Crippen molar-refractivity contribution in [3.05, 3.63) is 0 Å². The molecule has 4 saturated heterocycles. The highest BCUT2D eigenvalue weighted by Crippen LogP contribution is 2.44. The SMILES string of the molecule is CC1(C)O[C@H]2[C@@H](O1)[C@@H](COCCC[N+]1(C)CCOCC1)O[C@@H]1OC(C)(C)O[C@@H]12. The van der Waals surface area contributed by atoms with Crippen LogP contribution in [0.15, 0.2) is 0 Å². The summed E-state index contributed by atoms with van der Waals surface area (Å²) in [6.45, 7) is 13.7. The van der Waals surface area contributed by atoms with Crippen molar-refractivity contribution in [2.75, 3.05) is 53.1 Å². The Labute approximate surface area is 167 Å². The van der Waals surface area contributed by atoms with Gasteiger partial charge in [0.05, 0.1) is 40.0 Å². The zero-order valence-corrected chi connectivity index (χ0v) is 17.8. The minimum absolute atomic E-state index is 0.220. The Morgan fingerprint density at radius 1 is 0.893 bits per heavy atom. The lowest BCUT2D eigenvalue weighted by atomic mass is 9.99. The zero-order chi connectivity index (χ0) is 20.0. The first kappa shape index (κ1) is 20.9. The van der Waals surface area contributed by atoms with Gasteiger partial charge in [-0.1, -0.05) is 0 Å². The van der Waals surface area contributed by atoms with Crippen molar-refractivity contribution in [1.82, 2.24) is 0 Å². The van der Waals surface area contributed by atoms with E-state index in [1.54, 1.807) is 0 Å². The highest BCUT2D eigenvalue weighted by molar-refractivity contribution is 5.00. The second-order valence-corrected chi connectivity index (χ2v) is 9.54. The van der Waals surface area contributed by atoms with E-state index in [9.17, 15) is 0 Å². The summed E-state index contributed by atoms with van der Waals surface area (Å²) in [6.07, 6.45) is -0.416. The molecule has 4 heterocycles. The largest absolute Gasteiger partial charge is 0.378 e. The number of rotatable bonds is 6. The smallest absolute Gasteiger partial charge is 0.190 e. The molecule has 4 aliphatic rings. The van der Waals surface area contributed by atoms with Gasteiger partial charge < -0.3 is 37.6 Å². The van der Waals surface area contributed by atoms with E-state index in [-0.39, 0.29) is 24.4 Å². The second-order valence-electron chi connectivity index (χ2n) is 9.54. The van der Waals surface area contributed by atoms with Gasteiger partial charge in [0.1, 0.15) is 37.5 Å². The van der Waals surface area contributed by atoms with E-state index in [1.807, 2.05) is 27.7 Å². The molecule has 0 spiro atoms. The summed E-state index contributed by atoms with van der Waals surface area (Å²) in [5, 5.41) is 0. The molecule has 4 fully saturated rings. The quantitative estimate of drug-likeness (QED) is 0.490. The molecule has 4 aliphatic heterocycles. The van der Waals surface area contributed by atoms with Crippen LogP contribution in [0.1, 0.15) is 34.1 Å². The summed E-state index contributed by atoms with van der Waals surface area (Å²) >= 11 is 0. The van der Waals surface area contributed by atoms with Crippen molar-refractivity contribution in [2.45, 2.75) is 76.4 Å². The summed E-state index contributed by atoms with van der Waals surface area (Å²) in [5.41, 5.74) is 0. The van der Waals surface area contributed by atoms with Gasteiger partial charge in [0.2, 0.25) is 0 Å². The average molecular weight is 403 g/mol. The van der Waals surface area contributed by atoms with Crippen molar-refractivity contribution >= 4 is 0 Å². The number of hydrogen-bond donors (Lipinski definition) is 0. The molecule has 5 atom stereocenters. The molecule has 0 aromatic rings. The van der Waals surface area contributed by atoms with E-state index in [2.05, 4.69) is 7.05 Å². The van der Waals surface area contributed by atoms with Gasteiger partial charge in [0.25, 0.3) is 0 Å². The molecule has 8 heteroatoms. The number of quaternary nitrogens is 1. The van der Waals surface area contributed by atoms with Crippen molar-refractivity contribution in [2.24, 2.45) is 0 Å². The third-order valence-corrected chi connectivity index (χ3v) is 6.07. The highest BCUT2D eigenvalue weighted by Gasteiger charge is 2.60. The molecule has 0 aromatic carbocycles. The highest BCUT2D eigenvalue weighted by atomic mass is 16.9. The molecule has 0 amide bonds. The first-order chi connectivity index (χ1) is 13.2. The van der Waals surface area contributed by atoms with E-state index < -0.39 is 17.9 Å². The lowest BCUT2D eigenvalue weighted by Gasteiger charge is -2.38. The van der Waals surface area contributed by atoms with Crippen LogP contribution < -0.4 is 0 Å². The Balaban J connectivity index is 1.29. The molecule has 4 rings (SSSR count). The number of nitrogens with zero attached hydrogens (tertiary/aromatic N) is 1. The molecular formula is C20H36NO7+. The van der Waals surface area contributed by atoms with Gasteiger partial charge in [-0.3, -0.25) is 0 Å². The van der Waals surface area contributed by atoms with Crippen molar-refractivity contribution < 1.29 is 37.6 Å². The minimum atomic E-state index is -0.692. The first-order valence-corrected chi connectivity index (χ1v) is 10.5. The number of likely N-dealkylation sites (N-methyl/N-ethyl adjacent to an activating group) is 1. The maximum atomic E-state index is 6.17. The van der Waals surface area contributed by atoms with Crippen molar-refractivity contribution in [3.8, 4) is 0 Å². The number of hydrogen-bond acceptors (Lipinski definition) is 7. The van der Waals surface area contributed by atoms with Gasteiger partial charge in [-0.25, -0.2) is 0 Å². The Morgan fingerprint density at radius 2 is 1.54 bits per heavy atom. The van der Waals surface area contributed by atoms with Crippen LogP contribution in [0, 0.1) is 0 Å². The molecule has 0 bridgehead atoms. The van der Waals surface area contributed by atoms with Gasteiger partial charge in [-0.15, -0.1) is 0 Å². The van der Waals surface area contributed by atoms with E-state index in [1.165, 1.54) is 0 Å². The normalized spacial score (nSPS) is 40.8. The van der Waals surface area contributed by atoms with Gasteiger partial charge in [-0.05, 0) is 27.7 Å². The monoisotopic (exact) mass is 402 g/mol. The molecule has 0 radical (unpaired) electrons. The molecule has 28 heavy (non-hydrogen) atoms. The zero-order valence-electron chi connectivity index (χ0n) is 17.8. The minimum Gasteiger partial charge on any atom is -0.378 e. The predicted molar refractivity (Wildman–Crippen MR) is 99.6 cm³/mol. The molecule has 0 N–H and O–H groups in total. The summed E-state index contributed by atoms with van der Waals surface area (Å²) < 4.78 is 42.9. The molecule has 0 saturated carbocycles. The maximum absolute atomic E-state index is 6.17. The summed E-state index contributed by atoms with van der Waals surface area (Å²) in [5.74, 6) is -1.36. The Kier molecular flexibility index (Phi) is 5.79. The van der Waals surface area contributed by atoms with Crippen LogP contribution in [0.25, 0.3) is 0 Å². The van der Waals surface area contributed by atoms with E-state index in [0.717, 1.165) is 43.8 Å². The van der Waals surface area contributed by atoms with E-state index in [4.69, 9.17) is 33.2 Å². The molecule has 8 nitrogen and oxygen atoms in total. The Hall–Kier alpha value is -0.320.